The number of pyridine rings is 1. The van der Waals surface area contributed by atoms with Crippen molar-refractivity contribution in [1.29, 1.82) is 0 Å². The Morgan fingerprint density at radius 3 is 2.72 bits per heavy atom. The van der Waals surface area contributed by atoms with Gasteiger partial charge in [-0.3, -0.25) is 9.78 Å². The highest BCUT2D eigenvalue weighted by molar-refractivity contribution is 5.76. The summed E-state index contributed by atoms with van der Waals surface area (Å²) < 4.78 is 0. The topological polar surface area (TPSA) is 33.2 Å². The number of hydrogen-bond acceptors (Lipinski definition) is 2. The van der Waals surface area contributed by atoms with Gasteiger partial charge < -0.3 is 4.90 Å². The molecule has 3 fully saturated rings. The van der Waals surface area contributed by atoms with Crippen LogP contribution in [0.5, 0.6) is 0 Å². The summed E-state index contributed by atoms with van der Waals surface area (Å²) in [6, 6.07) is 2.32. The van der Waals surface area contributed by atoms with Crippen molar-refractivity contribution in [3.05, 3.63) is 35.7 Å². The van der Waals surface area contributed by atoms with Gasteiger partial charge in [-0.15, -0.1) is 0 Å². The second-order valence-corrected chi connectivity index (χ2v) is 11.0. The molecule has 156 valence electrons. The number of carbonyl (C=O) groups is 1. The smallest absolute Gasteiger partial charge is 0.222 e. The molecule has 3 heteroatoms. The van der Waals surface area contributed by atoms with Crippen LogP contribution in [0.4, 0.5) is 0 Å². The predicted octanol–water partition coefficient (Wildman–Crippen LogP) is 5.49. The molecule has 29 heavy (non-hydrogen) atoms. The van der Waals surface area contributed by atoms with Gasteiger partial charge in [0.05, 0.1) is 0 Å². The number of rotatable bonds is 1. The maximum atomic E-state index is 12.4. The van der Waals surface area contributed by atoms with E-state index in [0.29, 0.717) is 17.2 Å². The Morgan fingerprint density at radius 1 is 1.10 bits per heavy atom. The van der Waals surface area contributed by atoms with E-state index in [1.807, 2.05) is 18.1 Å². The third kappa shape index (κ3) is 2.83. The van der Waals surface area contributed by atoms with Crippen molar-refractivity contribution in [3.63, 3.8) is 0 Å². The molecule has 0 unspecified atom stereocenters. The minimum absolute atomic E-state index is 0.289. The fraction of sp³-hybridized carbons (Fsp3) is 0.692. The Hall–Kier alpha value is -1.64. The number of nitrogens with zero attached hydrogens (tertiary/aromatic N) is 2. The van der Waals surface area contributed by atoms with E-state index >= 15 is 0 Å². The lowest BCUT2D eigenvalue weighted by Gasteiger charge is -2.58. The van der Waals surface area contributed by atoms with Gasteiger partial charge in [-0.1, -0.05) is 19.9 Å². The van der Waals surface area contributed by atoms with Gasteiger partial charge in [0, 0.05) is 32.4 Å². The molecular formula is C26H36N2O. The maximum absolute atomic E-state index is 12.4. The average molecular weight is 393 g/mol. The van der Waals surface area contributed by atoms with Crippen LogP contribution >= 0.6 is 0 Å². The summed E-state index contributed by atoms with van der Waals surface area (Å²) in [6.07, 6.45) is 14.9. The van der Waals surface area contributed by atoms with E-state index in [1.54, 1.807) is 5.57 Å². The Labute approximate surface area is 176 Å². The summed E-state index contributed by atoms with van der Waals surface area (Å²) in [5.41, 5.74) is 4.77. The molecule has 0 spiro atoms. The van der Waals surface area contributed by atoms with Crippen molar-refractivity contribution in [2.45, 2.75) is 65.7 Å². The van der Waals surface area contributed by atoms with E-state index in [2.05, 4.69) is 44.1 Å². The number of hydrogen-bond donors (Lipinski definition) is 0. The summed E-state index contributed by atoms with van der Waals surface area (Å²) in [7, 11) is 2.02. The van der Waals surface area contributed by atoms with Crippen molar-refractivity contribution in [2.24, 2.45) is 34.5 Å². The van der Waals surface area contributed by atoms with Crippen LogP contribution in [-0.4, -0.2) is 29.4 Å². The Bertz CT molecular complexity index is 860. The zero-order valence-corrected chi connectivity index (χ0v) is 18.6. The molecule has 5 rings (SSSR count). The van der Waals surface area contributed by atoms with Gasteiger partial charge in [0.25, 0.3) is 0 Å². The van der Waals surface area contributed by atoms with Crippen LogP contribution in [-0.2, 0) is 4.79 Å². The molecular weight excluding hydrogens is 356 g/mol. The van der Waals surface area contributed by atoms with Gasteiger partial charge >= 0.3 is 0 Å². The normalized spacial score (nSPS) is 41.9. The van der Waals surface area contributed by atoms with Crippen LogP contribution in [0.15, 0.2) is 24.5 Å². The van der Waals surface area contributed by atoms with Crippen LogP contribution < -0.4 is 0 Å². The van der Waals surface area contributed by atoms with Crippen LogP contribution in [0.25, 0.3) is 5.57 Å². The van der Waals surface area contributed by atoms with Crippen molar-refractivity contribution < 1.29 is 4.79 Å². The number of aryl methyl sites for hydroxylation is 1. The van der Waals surface area contributed by atoms with E-state index in [0.717, 1.165) is 37.1 Å². The van der Waals surface area contributed by atoms with Crippen LogP contribution in [0.3, 0.4) is 0 Å². The summed E-state index contributed by atoms with van der Waals surface area (Å²) in [5.74, 6) is 3.38. The molecule has 0 bridgehead atoms. The lowest BCUT2D eigenvalue weighted by Crippen LogP contribution is -2.52. The maximum Gasteiger partial charge on any atom is 0.222 e. The molecule has 1 saturated heterocycles. The molecule has 3 aliphatic carbocycles. The lowest BCUT2D eigenvalue weighted by molar-refractivity contribution is -0.129. The van der Waals surface area contributed by atoms with Gasteiger partial charge in [0.1, 0.15) is 0 Å². The second-order valence-electron chi connectivity index (χ2n) is 11.0. The third-order valence-electron chi connectivity index (χ3n) is 9.63. The molecule has 0 radical (unpaired) electrons. The van der Waals surface area contributed by atoms with Crippen LogP contribution in [0.1, 0.15) is 69.9 Å². The van der Waals surface area contributed by atoms with E-state index in [1.165, 1.54) is 43.2 Å². The molecule has 1 amide bonds. The van der Waals surface area contributed by atoms with E-state index in [-0.39, 0.29) is 5.41 Å². The number of allylic oxidation sites excluding steroid dienone is 2. The number of likely N-dealkylation sites (tertiary alicyclic amines) is 1. The first kappa shape index (κ1) is 19.3. The molecule has 1 aromatic rings. The SMILES string of the molecule is Cc1cncc(C2=CC[C@H]3[C@@H]4CC[C@H]5CN(C)C(=O)CC[C@]5(C)[C@H]4CC[C@]23C)c1. The Morgan fingerprint density at radius 2 is 1.93 bits per heavy atom. The summed E-state index contributed by atoms with van der Waals surface area (Å²) in [5, 5.41) is 0. The van der Waals surface area contributed by atoms with Crippen molar-refractivity contribution >= 4 is 11.5 Å². The molecule has 0 N–H and O–H groups in total. The molecule has 2 saturated carbocycles. The highest BCUT2D eigenvalue weighted by Gasteiger charge is 2.58. The summed E-state index contributed by atoms with van der Waals surface area (Å²) in [6.45, 7) is 8.19. The molecule has 1 aromatic heterocycles. The van der Waals surface area contributed by atoms with Gasteiger partial charge in [-0.25, -0.2) is 0 Å². The second kappa shape index (κ2) is 6.68. The zero-order valence-electron chi connectivity index (χ0n) is 18.6. The Kier molecular flexibility index (Phi) is 4.46. The first-order chi connectivity index (χ1) is 13.8. The highest BCUT2D eigenvalue weighted by atomic mass is 16.2. The number of carbonyl (C=O) groups excluding carboxylic acids is 1. The first-order valence-electron chi connectivity index (χ1n) is 11.7. The monoisotopic (exact) mass is 392 g/mol. The molecule has 1 aliphatic heterocycles. The van der Waals surface area contributed by atoms with Crippen LogP contribution in [0, 0.1) is 41.4 Å². The number of fused-ring (bicyclic) bond motifs is 5. The third-order valence-corrected chi connectivity index (χ3v) is 9.63. The molecule has 6 atom stereocenters. The quantitative estimate of drug-likeness (QED) is 0.633. The first-order valence-corrected chi connectivity index (χ1v) is 11.7. The minimum Gasteiger partial charge on any atom is -0.345 e. The standard InChI is InChI=1S/C26H36N2O/c1-17-13-18(15-27-14-17)21-7-8-22-20-6-5-19-16-28(4)24(29)10-12-25(19,2)23(20)9-11-26(21,22)3/h7,13-15,19-20,22-23H,5-6,8-12,16H2,1-4H3/t19-,20-,22-,23-,25-,26+/m0/s1. The molecule has 0 aromatic carbocycles. The van der Waals surface area contributed by atoms with Crippen LogP contribution in [0.2, 0.25) is 0 Å². The summed E-state index contributed by atoms with van der Waals surface area (Å²) in [4.78, 5) is 18.9. The minimum atomic E-state index is 0.289. The largest absolute Gasteiger partial charge is 0.345 e. The van der Waals surface area contributed by atoms with E-state index in [4.69, 9.17) is 0 Å². The van der Waals surface area contributed by atoms with E-state index in [9.17, 15) is 4.79 Å². The molecule has 2 heterocycles. The van der Waals surface area contributed by atoms with Crippen molar-refractivity contribution in [2.75, 3.05) is 13.6 Å². The molecule has 4 aliphatic rings. The molecule has 3 nitrogen and oxygen atoms in total. The predicted molar refractivity (Wildman–Crippen MR) is 117 cm³/mol. The Balaban J connectivity index is 1.44. The summed E-state index contributed by atoms with van der Waals surface area (Å²) >= 11 is 0. The van der Waals surface area contributed by atoms with Gasteiger partial charge in [0.15, 0.2) is 0 Å². The zero-order chi connectivity index (χ0) is 20.4. The van der Waals surface area contributed by atoms with Crippen molar-refractivity contribution in [3.8, 4) is 0 Å². The van der Waals surface area contributed by atoms with E-state index < -0.39 is 0 Å². The average Bonchev–Trinajstić information content (AvgIpc) is 3.00. The van der Waals surface area contributed by atoms with Gasteiger partial charge in [-0.05, 0) is 103 Å². The number of amides is 1. The lowest BCUT2D eigenvalue weighted by atomic mass is 9.46. The highest BCUT2D eigenvalue weighted by Crippen LogP contribution is 2.66. The number of aromatic nitrogens is 1. The fourth-order valence-electron chi connectivity index (χ4n) is 7.94. The van der Waals surface area contributed by atoms with Gasteiger partial charge in [0.2, 0.25) is 5.91 Å². The van der Waals surface area contributed by atoms with Crippen molar-refractivity contribution in [1.82, 2.24) is 9.88 Å². The van der Waals surface area contributed by atoms with Gasteiger partial charge in [-0.2, -0.15) is 0 Å². The fourth-order valence-corrected chi connectivity index (χ4v) is 7.94.